The van der Waals surface area contributed by atoms with Crippen LogP contribution in [0.1, 0.15) is 22.4 Å². The molecule has 17 heavy (non-hydrogen) atoms. The van der Waals surface area contributed by atoms with Crippen molar-refractivity contribution in [2.45, 2.75) is 27.7 Å². The van der Waals surface area contributed by atoms with Gasteiger partial charge < -0.3 is 4.74 Å². The van der Waals surface area contributed by atoms with E-state index in [0.717, 1.165) is 16.5 Å². The highest BCUT2D eigenvalue weighted by Gasteiger charge is 2.13. The molecule has 90 valence electrons. The van der Waals surface area contributed by atoms with Gasteiger partial charge in [0.15, 0.2) is 0 Å². The molecule has 0 spiro atoms. The summed E-state index contributed by atoms with van der Waals surface area (Å²) in [4.78, 5) is 4.56. The SMILES string of the molecule is COc1c(C)cc(-c2nc(C)cs2)c(C)c1C. The maximum atomic E-state index is 5.44. The van der Waals surface area contributed by atoms with Crippen LogP contribution >= 0.6 is 11.3 Å². The van der Waals surface area contributed by atoms with Crippen LogP contribution in [-0.4, -0.2) is 12.1 Å². The van der Waals surface area contributed by atoms with E-state index in [9.17, 15) is 0 Å². The summed E-state index contributed by atoms with van der Waals surface area (Å²) in [5, 5.41) is 3.18. The molecule has 0 aliphatic heterocycles. The quantitative estimate of drug-likeness (QED) is 0.798. The van der Waals surface area contributed by atoms with E-state index < -0.39 is 0 Å². The topological polar surface area (TPSA) is 22.1 Å². The summed E-state index contributed by atoms with van der Waals surface area (Å²) < 4.78 is 5.44. The number of nitrogens with zero attached hydrogens (tertiary/aromatic N) is 1. The molecule has 0 saturated heterocycles. The lowest BCUT2D eigenvalue weighted by atomic mass is 9.99. The minimum atomic E-state index is 0.986. The van der Waals surface area contributed by atoms with Crippen LogP contribution < -0.4 is 4.74 Å². The summed E-state index contributed by atoms with van der Waals surface area (Å²) in [5.41, 5.74) is 5.92. The number of hydrogen-bond donors (Lipinski definition) is 0. The molecule has 2 nitrogen and oxygen atoms in total. The molecule has 0 N–H and O–H groups in total. The van der Waals surface area contributed by atoms with E-state index >= 15 is 0 Å². The standard InChI is InChI=1S/C14H17NOS/c1-8-6-12(14-15-9(2)7-17-14)10(3)11(4)13(8)16-5/h6-7H,1-5H3. The molecule has 3 heteroatoms. The fraction of sp³-hybridized carbons (Fsp3) is 0.357. The van der Waals surface area contributed by atoms with Gasteiger partial charge in [0.05, 0.1) is 7.11 Å². The molecule has 0 amide bonds. The lowest BCUT2D eigenvalue weighted by Gasteiger charge is -2.14. The van der Waals surface area contributed by atoms with Gasteiger partial charge in [-0.2, -0.15) is 0 Å². The van der Waals surface area contributed by atoms with Gasteiger partial charge in [0.25, 0.3) is 0 Å². The van der Waals surface area contributed by atoms with Crippen molar-refractivity contribution in [2.75, 3.05) is 7.11 Å². The van der Waals surface area contributed by atoms with Gasteiger partial charge in [-0.05, 0) is 50.5 Å². The molecule has 2 aromatic rings. The number of benzene rings is 1. The first kappa shape index (κ1) is 12.1. The van der Waals surface area contributed by atoms with Gasteiger partial charge in [-0.3, -0.25) is 0 Å². The third-order valence-electron chi connectivity index (χ3n) is 3.08. The molecule has 1 aromatic carbocycles. The number of aromatic nitrogens is 1. The van der Waals surface area contributed by atoms with Crippen molar-refractivity contribution >= 4 is 11.3 Å². The summed E-state index contributed by atoms with van der Waals surface area (Å²) >= 11 is 1.70. The average Bonchev–Trinajstić information content (AvgIpc) is 2.71. The van der Waals surface area contributed by atoms with E-state index in [0.29, 0.717) is 0 Å². The van der Waals surface area contributed by atoms with E-state index in [1.54, 1.807) is 18.4 Å². The highest BCUT2D eigenvalue weighted by molar-refractivity contribution is 7.13. The summed E-state index contributed by atoms with van der Waals surface area (Å²) in [6.45, 7) is 8.34. The molecular weight excluding hydrogens is 230 g/mol. The average molecular weight is 247 g/mol. The van der Waals surface area contributed by atoms with Gasteiger partial charge in [-0.25, -0.2) is 4.98 Å². The normalized spacial score (nSPS) is 10.6. The Bertz CT molecular complexity index is 558. The number of hydrogen-bond acceptors (Lipinski definition) is 3. The fourth-order valence-corrected chi connectivity index (χ4v) is 2.94. The Kier molecular flexibility index (Phi) is 3.20. The zero-order valence-electron chi connectivity index (χ0n) is 10.9. The second kappa shape index (κ2) is 4.49. The lowest BCUT2D eigenvalue weighted by molar-refractivity contribution is 0.408. The first-order valence-electron chi connectivity index (χ1n) is 5.62. The smallest absolute Gasteiger partial charge is 0.124 e. The van der Waals surface area contributed by atoms with Gasteiger partial charge in [0, 0.05) is 16.6 Å². The highest BCUT2D eigenvalue weighted by atomic mass is 32.1. The minimum absolute atomic E-state index is 0.986. The van der Waals surface area contributed by atoms with Gasteiger partial charge in [-0.15, -0.1) is 11.3 Å². The Morgan fingerprint density at radius 1 is 1.12 bits per heavy atom. The zero-order valence-corrected chi connectivity index (χ0v) is 11.7. The lowest BCUT2D eigenvalue weighted by Crippen LogP contribution is -1.96. The van der Waals surface area contributed by atoms with E-state index in [1.807, 2.05) is 6.92 Å². The largest absolute Gasteiger partial charge is 0.496 e. The molecule has 0 radical (unpaired) electrons. The van der Waals surface area contributed by atoms with E-state index in [2.05, 4.69) is 37.2 Å². The number of methoxy groups -OCH3 is 1. The van der Waals surface area contributed by atoms with Crippen LogP contribution in [-0.2, 0) is 0 Å². The van der Waals surface area contributed by atoms with E-state index in [4.69, 9.17) is 4.74 Å². The Balaban J connectivity index is 2.64. The predicted octanol–water partition coefficient (Wildman–Crippen LogP) is 4.05. The number of ether oxygens (including phenoxy) is 1. The zero-order chi connectivity index (χ0) is 12.6. The molecule has 1 aromatic heterocycles. The third kappa shape index (κ3) is 2.07. The molecular formula is C14H17NOS. The summed E-state index contributed by atoms with van der Waals surface area (Å²) in [7, 11) is 1.72. The monoisotopic (exact) mass is 247 g/mol. The van der Waals surface area contributed by atoms with Crippen molar-refractivity contribution in [3.63, 3.8) is 0 Å². The van der Waals surface area contributed by atoms with Crippen molar-refractivity contribution in [2.24, 2.45) is 0 Å². The predicted molar refractivity (Wildman–Crippen MR) is 73.1 cm³/mol. The van der Waals surface area contributed by atoms with Gasteiger partial charge in [0.1, 0.15) is 10.8 Å². The van der Waals surface area contributed by atoms with Gasteiger partial charge >= 0.3 is 0 Å². The Labute approximate surface area is 106 Å². The van der Waals surface area contributed by atoms with Crippen LogP contribution in [0.2, 0.25) is 0 Å². The first-order valence-corrected chi connectivity index (χ1v) is 6.50. The molecule has 0 unspecified atom stereocenters. The van der Waals surface area contributed by atoms with E-state index in [-0.39, 0.29) is 0 Å². The highest BCUT2D eigenvalue weighted by Crippen LogP contribution is 2.35. The maximum Gasteiger partial charge on any atom is 0.124 e. The molecule has 1 heterocycles. The van der Waals surface area contributed by atoms with Crippen molar-refractivity contribution in [1.29, 1.82) is 0 Å². The second-order valence-electron chi connectivity index (χ2n) is 4.32. The Hall–Kier alpha value is -1.35. The van der Waals surface area contributed by atoms with Crippen molar-refractivity contribution in [3.05, 3.63) is 33.8 Å². The fourth-order valence-electron chi connectivity index (χ4n) is 2.07. The number of thiazole rings is 1. The number of rotatable bonds is 2. The third-order valence-corrected chi connectivity index (χ3v) is 4.07. The summed E-state index contributed by atoms with van der Waals surface area (Å²) in [6.07, 6.45) is 0. The van der Waals surface area contributed by atoms with Crippen molar-refractivity contribution in [3.8, 4) is 16.3 Å². The van der Waals surface area contributed by atoms with Crippen LogP contribution in [0.15, 0.2) is 11.4 Å². The van der Waals surface area contributed by atoms with Crippen LogP contribution in [0.5, 0.6) is 5.75 Å². The van der Waals surface area contributed by atoms with Crippen LogP contribution in [0.25, 0.3) is 10.6 Å². The molecule has 0 aliphatic rings. The molecule has 2 rings (SSSR count). The molecule has 0 fully saturated rings. The minimum Gasteiger partial charge on any atom is -0.496 e. The van der Waals surface area contributed by atoms with Gasteiger partial charge in [-0.1, -0.05) is 0 Å². The number of aryl methyl sites for hydroxylation is 2. The summed E-state index contributed by atoms with van der Waals surface area (Å²) in [5.74, 6) is 0.986. The van der Waals surface area contributed by atoms with Crippen molar-refractivity contribution < 1.29 is 4.74 Å². The second-order valence-corrected chi connectivity index (χ2v) is 5.18. The summed E-state index contributed by atoms with van der Waals surface area (Å²) in [6, 6.07) is 2.17. The van der Waals surface area contributed by atoms with Crippen LogP contribution in [0.4, 0.5) is 0 Å². The Morgan fingerprint density at radius 2 is 1.82 bits per heavy atom. The van der Waals surface area contributed by atoms with Crippen molar-refractivity contribution in [1.82, 2.24) is 4.98 Å². The van der Waals surface area contributed by atoms with E-state index in [1.165, 1.54) is 22.3 Å². The molecule has 0 saturated carbocycles. The molecule has 0 aliphatic carbocycles. The first-order chi connectivity index (χ1) is 8.04. The molecule has 0 atom stereocenters. The van der Waals surface area contributed by atoms with Crippen LogP contribution in [0, 0.1) is 27.7 Å². The Morgan fingerprint density at radius 3 is 2.35 bits per heavy atom. The maximum absolute atomic E-state index is 5.44. The molecule has 0 bridgehead atoms. The van der Waals surface area contributed by atoms with Crippen LogP contribution in [0.3, 0.4) is 0 Å². The van der Waals surface area contributed by atoms with Gasteiger partial charge in [0.2, 0.25) is 0 Å².